The van der Waals surface area contributed by atoms with Crippen LogP contribution in [0.3, 0.4) is 0 Å². The van der Waals surface area contributed by atoms with E-state index in [0.29, 0.717) is 5.52 Å². The molecular formula is C10H13N3O2S. The summed E-state index contributed by atoms with van der Waals surface area (Å²) in [5.41, 5.74) is 0.489. The molecule has 2 aromatic rings. The van der Waals surface area contributed by atoms with Crippen molar-refractivity contribution >= 4 is 20.7 Å². The zero-order valence-electron chi connectivity index (χ0n) is 9.14. The molecule has 0 aliphatic carbocycles. The number of nitrogens with zero attached hydrogens (tertiary/aromatic N) is 2. The summed E-state index contributed by atoms with van der Waals surface area (Å²) in [6.45, 7) is 3.73. The molecule has 0 bridgehead atoms. The number of sulfone groups is 1. The van der Waals surface area contributed by atoms with Crippen LogP contribution in [0.15, 0.2) is 23.5 Å². The van der Waals surface area contributed by atoms with Crippen molar-refractivity contribution in [2.24, 2.45) is 5.92 Å². The standard InChI is InChI=1S/C10H13N3O2S/c1-7(2)6-16(14,15)10-9-8(3-4-11-10)5-12-13-9/h3-5,7H,6H2,1-2H3,(H,12,13). The molecule has 2 heterocycles. The zero-order valence-corrected chi connectivity index (χ0v) is 9.95. The number of rotatable bonds is 3. The molecule has 0 aliphatic heterocycles. The van der Waals surface area contributed by atoms with E-state index in [2.05, 4.69) is 15.2 Å². The van der Waals surface area contributed by atoms with Crippen LogP contribution in [-0.2, 0) is 9.84 Å². The molecule has 0 saturated carbocycles. The number of nitrogens with one attached hydrogen (secondary N) is 1. The fourth-order valence-electron chi connectivity index (χ4n) is 1.60. The second-order valence-electron chi connectivity index (χ2n) is 4.13. The molecule has 1 N–H and O–H groups in total. The van der Waals surface area contributed by atoms with Crippen molar-refractivity contribution in [2.75, 3.05) is 5.75 Å². The Hall–Kier alpha value is -1.43. The van der Waals surface area contributed by atoms with Crippen molar-refractivity contribution in [3.63, 3.8) is 0 Å². The van der Waals surface area contributed by atoms with Crippen molar-refractivity contribution in [2.45, 2.75) is 18.9 Å². The van der Waals surface area contributed by atoms with E-state index >= 15 is 0 Å². The smallest absolute Gasteiger partial charge is 0.198 e. The fraction of sp³-hybridized carbons (Fsp3) is 0.400. The maximum absolute atomic E-state index is 12.0. The van der Waals surface area contributed by atoms with Crippen LogP contribution in [0.4, 0.5) is 0 Å². The molecule has 0 aliphatic rings. The van der Waals surface area contributed by atoms with Gasteiger partial charge in [-0.25, -0.2) is 13.4 Å². The minimum atomic E-state index is -3.34. The molecule has 16 heavy (non-hydrogen) atoms. The Morgan fingerprint density at radius 3 is 2.88 bits per heavy atom. The lowest BCUT2D eigenvalue weighted by atomic mass is 10.3. The monoisotopic (exact) mass is 239 g/mol. The van der Waals surface area contributed by atoms with E-state index in [1.807, 2.05) is 13.8 Å². The van der Waals surface area contributed by atoms with Gasteiger partial charge in [-0.15, -0.1) is 0 Å². The van der Waals surface area contributed by atoms with Crippen LogP contribution in [0.1, 0.15) is 13.8 Å². The van der Waals surface area contributed by atoms with Crippen LogP contribution in [0.5, 0.6) is 0 Å². The van der Waals surface area contributed by atoms with Crippen LogP contribution < -0.4 is 0 Å². The minimum Gasteiger partial charge on any atom is -0.275 e. The molecule has 86 valence electrons. The van der Waals surface area contributed by atoms with Crippen molar-refractivity contribution in [1.29, 1.82) is 0 Å². The lowest BCUT2D eigenvalue weighted by molar-refractivity contribution is 0.579. The highest BCUT2D eigenvalue weighted by Crippen LogP contribution is 2.20. The first kappa shape index (κ1) is 11.1. The van der Waals surface area contributed by atoms with Crippen molar-refractivity contribution in [1.82, 2.24) is 15.2 Å². The zero-order chi connectivity index (χ0) is 11.8. The molecule has 2 rings (SSSR count). The Kier molecular flexibility index (Phi) is 2.67. The third-order valence-corrected chi connectivity index (χ3v) is 4.18. The van der Waals surface area contributed by atoms with Gasteiger partial charge in [0.15, 0.2) is 14.9 Å². The van der Waals surface area contributed by atoms with Gasteiger partial charge in [-0.3, -0.25) is 5.10 Å². The summed E-state index contributed by atoms with van der Waals surface area (Å²) >= 11 is 0. The van der Waals surface area contributed by atoms with E-state index in [9.17, 15) is 8.42 Å². The molecule has 6 heteroatoms. The lowest BCUT2D eigenvalue weighted by Crippen LogP contribution is -2.13. The Balaban J connectivity index is 2.59. The maximum atomic E-state index is 12.0. The summed E-state index contributed by atoms with van der Waals surface area (Å²) in [5, 5.41) is 7.36. The molecule has 0 saturated heterocycles. The number of fused-ring (bicyclic) bond motifs is 1. The van der Waals surface area contributed by atoms with E-state index in [1.54, 1.807) is 12.3 Å². The van der Waals surface area contributed by atoms with E-state index in [-0.39, 0.29) is 16.7 Å². The van der Waals surface area contributed by atoms with Crippen LogP contribution in [-0.4, -0.2) is 29.4 Å². The molecule has 0 radical (unpaired) electrons. The number of aromatic amines is 1. The normalized spacial score (nSPS) is 12.4. The fourth-order valence-corrected chi connectivity index (χ4v) is 3.33. The highest BCUT2D eigenvalue weighted by Gasteiger charge is 2.21. The summed E-state index contributed by atoms with van der Waals surface area (Å²) in [6.07, 6.45) is 3.08. The van der Waals surface area contributed by atoms with E-state index < -0.39 is 9.84 Å². The Morgan fingerprint density at radius 2 is 2.19 bits per heavy atom. The van der Waals surface area contributed by atoms with Crippen LogP contribution >= 0.6 is 0 Å². The minimum absolute atomic E-state index is 0.0741. The van der Waals surface area contributed by atoms with Gasteiger partial charge in [0.05, 0.1) is 11.9 Å². The van der Waals surface area contributed by atoms with Crippen molar-refractivity contribution in [3.8, 4) is 0 Å². The van der Waals surface area contributed by atoms with Crippen molar-refractivity contribution < 1.29 is 8.42 Å². The largest absolute Gasteiger partial charge is 0.275 e. The van der Waals surface area contributed by atoms with Crippen LogP contribution in [0, 0.1) is 5.92 Å². The van der Waals surface area contributed by atoms with Gasteiger partial charge in [0.2, 0.25) is 0 Å². The molecule has 0 aromatic carbocycles. The Labute approximate surface area is 93.8 Å². The van der Waals surface area contributed by atoms with Crippen LogP contribution in [0.2, 0.25) is 0 Å². The molecule has 5 nitrogen and oxygen atoms in total. The Bertz CT molecular complexity index is 601. The first-order valence-corrected chi connectivity index (χ1v) is 6.67. The topological polar surface area (TPSA) is 75.7 Å². The Morgan fingerprint density at radius 1 is 1.44 bits per heavy atom. The number of pyridine rings is 1. The van der Waals surface area contributed by atoms with Gasteiger partial charge in [0.1, 0.15) is 5.52 Å². The van der Waals surface area contributed by atoms with Gasteiger partial charge in [-0.2, -0.15) is 5.10 Å². The first-order valence-electron chi connectivity index (χ1n) is 5.01. The molecule has 0 amide bonds. The van der Waals surface area contributed by atoms with Gasteiger partial charge in [0, 0.05) is 11.6 Å². The summed E-state index contributed by atoms with van der Waals surface area (Å²) in [7, 11) is -3.34. The molecule has 0 unspecified atom stereocenters. The maximum Gasteiger partial charge on any atom is 0.198 e. The predicted molar refractivity (Wildman–Crippen MR) is 60.8 cm³/mol. The third-order valence-electron chi connectivity index (χ3n) is 2.18. The molecule has 2 aromatic heterocycles. The number of aromatic nitrogens is 3. The first-order chi connectivity index (χ1) is 7.50. The van der Waals surface area contributed by atoms with E-state index in [0.717, 1.165) is 5.39 Å². The second-order valence-corrected chi connectivity index (χ2v) is 6.08. The third kappa shape index (κ3) is 1.92. The number of H-pyrrole nitrogens is 1. The molecule has 0 atom stereocenters. The van der Waals surface area contributed by atoms with Crippen molar-refractivity contribution in [3.05, 3.63) is 18.5 Å². The SMILES string of the molecule is CC(C)CS(=O)(=O)c1nccc2cn[nH]c12. The predicted octanol–water partition coefficient (Wildman–Crippen LogP) is 1.39. The summed E-state index contributed by atoms with van der Waals surface area (Å²) < 4.78 is 24.1. The van der Waals surface area contributed by atoms with Crippen LogP contribution in [0.25, 0.3) is 10.9 Å². The molecule has 0 fully saturated rings. The number of hydrogen-bond acceptors (Lipinski definition) is 4. The van der Waals surface area contributed by atoms with Gasteiger partial charge in [-0.1, -0.05) is 13.8 Å². The van der Waals surface area contributed by atoms with Gasteiger partial charge >= 0.3 is 0 Å². The lowest BCUT2D eigenvalue weighted by Gasteiger charge is -2.06. The summed E-state index contributed by atoms with van der Waals surface area (Å²) in [5.74, 6) is 0.169. The quantitative estimate of drug-likeness (QED) is 0.878. The van der Waals surface area contributed by atoms with E-state index in [1.165, 1.54) is 6.20 Å². The highest BCUT2D eigenvalue weighted by molar-refractivity contribution is 7.91. The van der Waals surface area contributed by atoms with Gasteiger partial charge < -0.3 is 0 Å². The van der Waals surface area contributed by atoms with E-state index in [4.69, 9.17) is 0 Å². The average molecular weight is 239 g/mol. The average Bonchev–Trinajstić information content (AvgIpc) is 2.62. The van der Waals surface area contributed by atoms with Gasteiger partial charge in [0.25, 0.3) is 0 Å². The summed E-state index contributed by atoms with van der Waals surface area (Å²) in [4.78, 5) is 3.94. The summed E-state index contributed by atoms with van der Waals surface area (Å²) in [6, 6.07) is 1.73. The molecular weight excluding hydrogens is 226 g/mol. The second kappa shape index (κ2) is 3.86. The van der Waals surface area contributed by atoms with Gasteiger partial charge in [-0.05, 0) is 12.0 Å². The number of hydrogen-bond donors (Lipinski definition) is 1. The highest BCUT2D eigenvalue weighted by atomic mass is 32.2. The molecule has 0 spiro atoms.